The van der Waals surface area contributed by atoms with E-state index in [1.54, 1.807) is 0 Å². The molecule has 1 amide bonds. The predicted molar refractivity (Wildman–Crippen MR) is 59.0 cm³/mol. The van der Waals surface area contributed by atoms with Crippen LogP contribution < -0.4 is 16.0 Å². The first-order valence-corrected chi connectivity index (χ1v) is 4.86. The van der Waals surface area contributed by atoms with Crippen molar-refractivity contribution in [2.45, 2.75) is 16.7 Å². The van der Waals surface area contributed by atoms with E-state index in [1.165, 1.54) is 14.1 Å². The van der Waals surface area contributed by atoms with Crippen molar-refractivity contribution in [3.8, 4) is 0 Å². The summed E-state index contributed by atoms with van der Waals surface area (Å²) < 4.78 is 0. The van der Waals surface area contributed by atoms with Gasteiger partial charge in [-0.3, -0.25) is 4.79 Å². The maximum absolute atomic E-state index is 11.0. The molecule has 0 saturated carbocycles. The Balaban J connectivity index is 4.27. The highest BCUT2D eigenvalue weighted by molar-refractivity contribution is 7.81. The Morgan fingerprint density at radius 2 is 1.86 bits per heavy atom. The fraction of sp³-hybridized carbons (Fsp3) is 0.833. The highest BCUT2D eigenvalue weighted by atomic mass is 32.1. The number of rotatable bonds is 5. The molecule has 14 heavy (non-hydrogen) atoms. The van der Waals surface area contributed by atoms with Crippen LogP contribution in [0.5, 0.6) is 0 Å². The third kappa shape index (κ3) is 4.03. The first-order chi connectivity index (χ1) is 6.35. The van der Waals surface area contributed by atoms with Gasteiger partial charge in [0.05, 0.1) is 0 Å². The molecule has 0 aliphatic rings. The van der Waals surface area contributed by atoms with Crippen molar-refractivity contribution in [3.63, 3.8) is 0 Å². The topological polar surface area (TPSA) is 93.6 Å². The van der Waals surface area contributed by atoms with Gasteiger partial charge in [-0.1, -0.05) is 0 Å². The Kier molecular flexibility index (Phi) is 5.79. The molecule has 0 rings (SSSR count). The summed E-state index contributed by atoms with van der Waals surface area (Å²) in [6.07, 6.45) is 0. The molecule has 0 heterocycles. The minimum atomic E-state index is -2.32. The number of amides is 1. The van der Waals surface area contributed by atoms with Gasteiger partial charge in [-0.15, -0.1) is 0 Å². The van der Waals surface area contributed by atoms with Gasteiger partial charge >= 0.3 is 0 Å². The van der Waals surface area contributed by atoms with E-state index in [-0.39, 0.29) is 0 Å². The van der Waals surface area contributed by atoms with Crippen LogP contribution in [0.2, 0.25) is 0 Å². The number of likely N-dealkylation sites (N-methyl/N-ethyl adjacent to an activating group) is 2. The Hall–Kier alpha value is 0.01000. The first-order valence-electron chi connectivity index (χ1n) is 3.82. The van der Waals surface area contributed by atoms with Crippen LogP contribution in [0.15, 0.2) is 0 Å². The summed E-state index contributed by atoms with van der Waals surface area (Å²) in [5.74, 6) is -2.80. The smallest absolute Gasteiger partial charge is 0.249 e. The molecule has 0 aliphatic carbocycles. The summed E-state index contributed by atoms with van der Waals surface area (Å²) >= 11 is 7.67. The molecule has 84 valence electrons. The van der Waals surface area contributed by atoms with Crippen LogP contribution >= 0.6 is 25.3 Å². The number of aliphatic hydroxyl groups is 2. The van der Waals surface area contributed by atoms with Crippen molar-refractivity contribution in [2.75, 3.05) is 14.1 Å². The number of hydrogen-bond acceptors (Lipinski definition) is 7. The molecule has 0 spiro atoms. The second-order valence-electron chi connectivity index (χ2n) is 2.58. The molecule has 8 heteroatoms. The summed E-state index contributed by atoms with van der Waals surface area (Å²) in [5, 5.41) is 23.8. The van der Waals surface area contributed by atoms with Crippen LogP contribution in [0.4, 0.5) is 0 Å². The van der Waals surface area contributed by atoms with Crippen LogP contribution in [0.1, 0.15) is 0 Å². The molecule has 0 aromatic rings. The van der Waals surface area contributed by atoms with E-state index in [4.69, 9.17) is 0 Å². The molecule has 6 nitrogen and oxygen atoms in total. The van der Waals surface area contributed by atoms with E-state index in [0.717, 1.165) is 0 Å². The van der Waals surface area contributed by atoms with Crippen molar-refractivity contribution in [1.29, 1.82) is 0 Å². The van der Waals surface area contributed by atoms with Crippen molar-refractivity contribution in [1.82, 2.24) is 16.0 Å². The predicted octanol–water partition coefficient (Wildman–Crippen LogP) is -2.31. The third-order valence-corrected chi connectivity index (χ3v) is 2.48. The lowest BCUT2D eigenvalue weighted by atomic mass is 10.4. The Morgan fingerprint density at radius 3 is 2.21 bits per heavy atom. The molecule has 0 radical (unpaired) electrons. The highest BCUT2D eigenvalue weighted by Crippen LogP contribution is 2.08. The van der Waals surface area contributed by atoms with E-state index in [1.807, 2.05) is 0 Å². The molecule has 2 atom stereocenters. The zero-order chi connectivity index (χ0) is 11.4. The summed E-state index contributed by atoms with van der Waals surface area (Å²) in [6, 6.07) is 0. The number of nitrogens with one attached hydrogen (secondary N) is 3. The molecule has 0 bridgehead atoms. The van der Waals surface area contributed by atoms with Gasteiger partial charge in [0.15, 0.2) is 0 Å². The standard InChI is InChI=1S/C6H15N3O3S2/c1-7-3(10)4(13)9-6(11,12)5(14)8-2/h4-5,8-9,11-14H,1-2H3,(H,7,10). The third-order valence-electron chi connectivity index (χ3n) is 1.50. The number of hydrogen-bond donors (Lipinski definition) is 7. The minimum absolute atomic E-state index is 0.475. The van der Waals surface area contributed by atoms with Gasteiger partial charge in [-0.05, 0) is 7.05 Å². The first kappa shape index (κ1) is 14.0. The maximum Gasteiger partial charge on any atom is 0.249 e. The van der Waals surface area contributed by atoms with E-state index in [9.17, 15) is 15.0 Å². The second-order valence-corrected chi connectivity index (χ2v) is 3.61. The van der Waals surface area contributed by atoms with Gasteiger partial charge in [0.25, 0.3) is 0 Å². The van der Waals surface area contributed by atoms with E-state index in [2.05, 4.69) is 41.2 Å². The zero-order valence-corrected chi connectivity index (χ0v) is 9.64. The number of carbonyl (C=O) groups is 1. The minimum Gasteiger partial charge on any atom is -0.357 e. The van der Waals surface area contributed by atoms with Crippen LogP contribution in [0.3, 0.4) is 0 Å². The fourth-order valence-electron chi connectivity index (χ4n) is 0.684. The van der Waals surface area contributed by atoms with Gasteiger partial charge in [0.2, 0.25) is 11.8 Å². The normalized spacial score (nSPS) is 16.1. The number of carbonyl (C=O) groups excluding carboxylic acids is 1. The molecule has 2 unspecified atom stereocenters. The van der Waals surface area contributed by atoms with Gasteiger partial charge in [-0.2, -0.15) is 25.3 Å². The molecular formula is C6H15N3O3S2. The lowest BCUT2D eigenvalue weighted by Gasteiger charge is -2.30. The Bertz CT molecular complexity index is 203. The molecule has 5 N–H and O–H groups in total. The molecule has 0 saturated heterocycles. The van der Waals surface area contributed by atoms with Crippen molar-refractivity contribution in [2.24, 2.45) is 0 Å². The van der Waals surface area contributed by atoms with Gasteiger partial charge < -0.3 is 20.8 Å². The highest BCUT2D eigenvalue weighted by Gasteiger charge is 2.34. The molecule has 0 fully saturated rings. The molecule has 0 aromatic carbocycles. The fourth-order valence-corrected chi connectivity index (χ4v) is 1.08. The van der Waals surface area contributed by atoms with Crippen LogP contribution in [0, 0.1) is 0 Å². The van der Waals surface area contributed by atoms with Gasteiger partial charge in [-0.25, -0.2) is 5.32 Å². The molecule has 0 aliphatic heterocycles. The summed E-state index contributed by atoms with van der Waals surface area (Å²) in [5.41, 5.74) is 0. The SMILES string of the molecule is CNC(=O)C(S)NC(O)(O)C(S)NC. The van der Waals surface area contributed by atoms with Crippen LogP contribution in [-0.2, 0) is 4.79 Å². The summed E-state index contributed by atoms with van der Waals surface area (Å²) in [4.78, 5) is 11.0. The van der Waals surface area contributed by atoms with Crippen LogP contribution in [0.25, 0.3) is 0 Å². The van der Waals surface area contributed by atoms with Crippen molar-refractivity contribution in [3.05, 3.63) is 0 Å². The Labute approximate surface area is 93.3 Å². The van der Waals surface area contributed by atoms with E-state index in [0.29, 0.717) is 0 Å². The Morgan fingerprint density at radius 1 is 1.36 bits per heavy atom. The average molecular weight is 241 g/mol. The second kappa shape index (κ2) is 5.79. The van der Waals surface area contributed by atoms with Crippen molar-refractivity contribution >= 4 is 31.2 Å². The monoisotopic (exact) mass is 241 g/mol. The van der Waals surface area contributed by atoms with Gasteiger partial charge in [0.1, 0.15) is 10.7 Å². The lowest BCUT2D eigenvalue weighted by molar-refractivity contribution is -0.190. The summed E-state index contributed by atoms with van der Waals surface area (Å²) in [7, 11) is 2.91. The average Bonchev–Trinajstić information content (AvgIpc) is 2.14. The summed E-state index contributed by atoms with van der Waals surface area (Å²) in [6.45, 7) is 0. The number of thiol groups is 2. The van der Waals surface area contributed by atoms with Gasteiger partial charge in [0, 0.05) is 7.05 Å². The largest absolute Gasteiger partial charge is 0.357 e. The maximum atomic E-state index is 11.0. The van der Waals surface area contributed by atoms with E-state index < -0.39 is 22.6 Å². The lowest BCUT2D eigenvalue weighted by Crippen LogP contribution is -2.61. The van der Waals surface area contributed by atoms with Crippen molar-refractivity contribution < 1.29 is 15.0 Å². The molecular weight excluding hydrogens is 226 g/mol. The van der Waals surface area contributed by atoms with E-state index >= 15 is 0 Å². The van der Waals surface area contributed by atoms with Crippen LogP contribution in [-0.4, -0.2) is 46.9 Å². The molecule has 0 aromatic heterocycles. The quantitative estimate of drug-likeness (QED) is 0.217. The zero-order valence-electron chi connectivity index (χ0n) is 7.85.